The van der Waals surface area contributed by atoms with Gasteiger partial charge in [0, 0.05) is 5.92 Å². The normalized spacial score (nSPS) is 20.3. The van der Waals surface area contributed by atoms with Crippen LogP contribution < -0.4 is 5.73 Å². The summed E-state index contributed by atoms with van der Waals surface area (Å²) >= 11 is 0. The molecule has 0 aromatic heterocycles. The van der Waals surface area contributed by atoms with E-state index < -0.39 is 11.6 Å². The highest BCUT2D eigenvalue weighted by Crippen LogP contribution is 2.35. The van der Waals surface area contributed by atoms with Crippen LogP contribution in [0, 0.1) is 0 Å². The molecule has 1 aromatic carbocycles. The zero-order valence-electron chi connectivity index (χ0n) is 11.3. The maximum atomic E-state index is 12.0. The first-order chi connectivity index (χ1) is 8.38. The summed E-state index contributed by atoms with van der Waals surface area (Å²) in [6.07, 6.45) is 1.93. The molecule has 0 saturated heterocycles. The molecule has 0 fully saturated rings. The molecule has 0 amide bonds. The lowest BCUT2D eigenvalue weighted by molar-refractivity contribution is -0.157. The summed E-state index contributed by atoms with van der Waals surface area (Å²) in [5.41, 5.74) is 8.10. The van der Waals surface area contributed by atoms with Crippen molar-refractivity contribution in [3.05, 3.63) is 35.4 Å². The van der Waals surface area contributed by atoms with Crippen LogP contribution in [0.4, 0.5) is 0 Å². The van der Waals surface area contributed by atoms with E-state index in [0.717, 1.165) is 12.8 Å². The number of hydrogen-bond donors (Lipinski definition) is 1. The highest BCUT2D eigenvalue weighted by molar-refractivity contribution is 5.77. The maximum absolute atomic E-state index is 12.0. The van der Waals surface area contributed by atoms with Gasteiger partial charge < -0.3 is 10.5 Å². The second kappa shape index (κ2) is 4.73. The van der Waals surface area contributed by atoms with E-state index in [-0.39, 0.29) is 11.9 Å². The molecule has 0 heterocycles. The van der Waals surface area contributed by atoms with E-state index in [9.17, 15) is 4.79 Å². The average Bonchev–Trinajstić information content (AvgIpc) is 2.69. The van der Waals surface area contributed by atoms with E-state index in [4.69, 9.17) is 10.5 Å². The molecule has 18 heavy (non-hydrogen) atoms. The molecule has 2 atom stereocenters. The summed E-state index contributed by atoms with van der Waals surface area (Å²) in [5, 5.41) is 0. The Morgan fingerprint density at radius 3 is 2.72 bits per heavy atom. The van der Waals surface area contributed by atoms with Gasteiger partial charge in [0.05, 0.1) is 0 Å². The van der Waals surface area contributed by atoms with Gasteiger partial charge >= 0.3 is 5.97 Å². The Morgan fingerprint density at radius 1 is 1.39 bits per heavy atom. The molecule has 2 rings (SSSR count). The molecule has 3 nitrogen and oxygen atoms in total. The fraction of sp³-hybridized carbons (Fsp3) is 0.533. The van der Waals surface area contributed by atoms with Crippen molar-refractivity contribution in [3.8, 4) is 0 Å². The van der Waals surface area contributed by atoms with Crippen LogP contribution in [-0.2, 0) is 16.0 Å². The van der Waals surface area contributed by atoms with Crippen LogP contribution in [0.5, 0.6) is 0 Å². The monoisotopic (exact) mass is 247 g/mol. The van der Waals surface area contributed by atoms with Gasteiger partial charge in [-0.2, -0.15) is 0 Å². The second-order valence-electron chi connectivity index (χ2n) is 5.90. The summed E-state index contributed by atoms with van der Waals surface area (Å²) in [4.78, 5) is 12.0. The van der Waals surface area contributed by atoms with Crippen molar-refractivity contribution >= 4 is 5.97 Å². The van der Waals surface area contributed by atoms with Crippen LogP contribution in [0.25, 0.3) is 0 Å². The molecule has 0 spiro atoms. The number of benzene rings is 1. The highest BCUT2D eigenvalue weighted by Gasteiger charge is 2.34. The van der Waals surface area contributed by atoms with E-state index >= 15 is 0 Å². The lowest BCUT2D eigenvalue weighted by atomic mass is 9.93. The van der Waals surface area contributed by atoms with Gasteiger partial charge in [-0.1, -0.05) is 24.3 Å². The summed E-state index contributed by atoms with van der Waals surface area (Å²) < 4.78 is 5.36. The quantitative estimate of drug-likeness (QED) is 0.816. The Bertz CT molecular complexity index is 448. The van der Waals surface area contributed by atoms with E-state index in [1.807, 2.05) is 32.9 Å². The predicted molar refractivity (Wildman–Crippen MR) is 71.3 cm³/mol. The van der Waals surface area contributed by atoms with E-state index in [1.54, 1.807) is 0 Å². The van der Waals surface area contributed by atoms with Crippen LogP contribution >= 0.6 is 0 Å². The van der Waals surface area contributed by atoms with Crippen LogP contribution in [-0.4, -0.2) is 17.6 Å². The summed E-state index contributed by atoms with van der Waals surface area (Å²) in [6, 6.07) is 7.64. The lowest BCUT2D eigenvalue weighted by Crippen LogP contribution is -2.41. The van der Waals surface area contributed by atoms with E-state index in [2.05, 4.69) is 12.1 Å². The molecule has 2 N–H and O–H groups in total. The summed E-state index contributed by atoms with van der Waals surface area (Å²) in [6.45, 7) is 5.58. The number of hydrogen-bond acceptors (Lipinski definition) is 3. The number of fused-ring (bicyclic) bond motifs is 1. The minimum Gasteiger partial charge on any atom is -0.459 e. The van der Waals surface area contributed by atoms with Gasteiger partial charge in [0.1, 0.15) is 11.6 Å². The number of carbonyl (C=O) groups is 1. The second-order valence-corrected chi connectivity index (χ2v) is 5.90. The Labute approximate surface area is 108 Å². The minimum atomic E-state index is -0.562. The number of carbonyl (C=O) groups excluding carboxylic acids is 1. The predicted octanol–water partition coefficient (Wildman–Crippen LogP) is 2.39. The van der Waals surface area contributed by atoms with Gasteiger partial charge in [0.2, 0.25) is 0 Å². The van der Waals surface area contributed by atoms with Gasteiger partial charge in [-0.3, -0.25) is 4.79 Å². The van der Waals surface area contributed by atoms with E-state index in [0.29, 0.717) is 0 Å². The van der Waals surface area contributed by atoms with Crippen LogP contribution in [0.15, 0.2) is 24.3 Å². The van der Waals surface area contributed by atoms with Crippen LogP contribution in [0.2, 0.25) is 0 Å². The molecule has 0 bridgehead atoms. The number of nitrogens with two attached hydrogens (primary N) is 1. The van der Waals surface area contributed by atoms with Crippen molar-refractivity contribution in [1.29, 1.82) is 0 Å². The summed E-state index contributed by atoms with van der Waals surface area (Å²) in [7, 11) is 0. The van der Waals surface area contributed by atoms with Gasteiger partial charge in [-0.15, -0.1) is 0 Å². The topological polar surface area (TPSA) is 52.3 Å². The largest absolute Gasteiger partial charge is 0.459 e. The van der Waals surface area contributed by atoms with E-state index in [1.165, 1.54) is 11.1 Å². The standard InChI is InChI=1S/C15H21NO2/c1-15(2,3)18-14(17)13(16)12-9-8-10-6-4-5-7-11(10)12/h4-7,12-13H,8-9,16H2,1-3H3. The number of rotatable bonds is 2. The third kappa shape index (κ3) is 2.72. The SMILES string of the molecule is CC(C)(C)OC(=O)C(N)C1CCc2ccccc21. The third-order valence-corrected chi connectivity index (χ3v) is 3.29. The van der Waals surface area contributed by atoms with Crippen molar-refractivity contribution in [2.24, 2.45) is 5.73 Å². The maximum Gasteiger partial charge on any atom is 0.324 e. The van der Waals surface area contributed by atoms with Crippen molar-refractivity contribution in [1.82, 2.24) is 0 Å². The number of ether oxygens (including phenoxy) is 1. The van der Waals surface area contributed by atoms with Crippen molar-refractivity contribution in [3.63, 3.8) is 0 Å². The zero-order chi connectivity index (χ0) is 13.3. The summed E-state index contributed by atoms with van der Waals surface area (Å²) in [5.74, 6) is -0.208. The first kappa shape index (κ1) is 13.1. The number of aryl methyl sites for hydroxylation is 1. The van der Waals surface area contributed by atoms with Crippen molar-refractivity contribution in [2.75, 3.05) is 0 Å². The molecular weight excluding hydrogens is 226 g/mol. The molecule has 0 radical (unpaired) electrons. The first-order valence-electron chi connectivity index (χ1n) is 6.45. The molecule has 1 aliphatic carbocycles. The van der Waals surface area contributed by atoms with Crippen molar-refractivity contribution in [2.45, 2.75) is 51.2 Å². The lowest BCUT2D eigenvalue weighted by Gasteiger charge is -2.25. The molecule has 1 aromatic rings. The fourth-order valence-electron chi connectivity index (χ4n) is 2.50. The van der Waals surface area contributed by atoms with Gasteiger partial charge in [0.25, 0.3) is 0 Å². The molecular formula is C15H21NO2. The van der Waals surface area contributed by atoms with Gasteiger partial charge in [0.15, 0.2) is 0 Å². The molecule has 2 unspecified atom stereocenters. The fourth-order valence-corrected chi connectivity index (χ4v) is 2.50. The minimum absolute atomic E-state index is 0.0936. The van der Waals surface area contributed by atoms with Crippen molar-refractivity contribution < 1.29 is 9.53 Å². The van der Waals surface area contributed by atoms with Gasteiger partial charge in [-0.05, 0) is 44.7 Å². The highest BCUT2D eigenvalue weighted by atomic mass is 16.6. The average molecular weight is 247 g/mol. The molecule has 1 aliphatic rings. The van der Waals surface area contributed by atoms with Crippen LogP contribution in [0.1, 0.15) is 44.2 Å². The Morgan fingerprint density at radius 2 is 2.06 bits per heavy atom. The molecule has 98 valence electrons. The molecule has 0 aliphatic heterocycles. The first-order valence-corrected chi connectivity index (χ1v) is 6.45. The third-order valence-electron chi connectivity index (χ3n) is 3.29. The Kier molecular flexibility index (Phi) is 3.44. The van der Waals surface area contributed by atoms with Gasteiger partial charge in [-0.25, -0.2) is 0 Å². The van der Waals surface area contributed by atoms with Crippen LogP contribution in [0.3, 0.4) is 0 Å². The molecule has 0 saturated carbocycles. The zero-order valence-corrected chi connectivity index (χ0v) is 11.3. The number of esters is 1. The molecule has 3 heteroatoms. The Hall–Kier alpha value is -1.35. The smallest absolute Gasteiger partial charge is 0.324 e. The Balaban J connectivity index is 2.12.